The van der Waals surface area contributed by atoms with E-state index < -0.39 is 0 Å². The molecule has 0 aliphatic rings. The number of aromatic nitrogens is 2. The van der Waals surface area contributed by atoms with E-state index in [1.54, 1.807) is 24.4 Å². The highest BCUT2D eigenvalue weighted by atomic mass is 35.5. The number of hydrogen-bond acceptors (Lipinski definition) is 3. The molecule has 24 heavy (non-hydrogen) atoms. The monoisotopic (exact) mass is 343 g/mol. The third kappa shape index (κ3) is 3.81. The summed E-state index contributed by atoms with van der Waals surface area (Å²) in [7, 11) is 0. The SMILES string of the molecule is O=c1ncccn1Cc1cccc(NCc2c(F)cccc2Cl)c1. The minimum atomic E-state index is -0.340. The van der Waals surface area contributed by atoms with E-state index in [1.165, 1.54) is 16.8 Å². The zero-order chi connectivity index (χ0) is 16.9. The van der Waals surface area contributed by atoms with Gasteiger partial charge in [-0.1, -0.05) is 29.8 Å². The van der Waals surface area contributed by atoms with E-state index in [9.17, 15) is 9.18 Å². The summed E-state index contributed by atoms with van der Waals surface area (Å²) in [5.41, 5.74) is 1.89. The second kappa shape index (κ2) is 7.27. The highest BCUT2D eigenvalue weighted by molar-refractivity contribution is 6.31. The molecule has 6 heteroatoms. The van der Waals surface area contributed by atoms with Gasteiger partial charge in [-0.05, 0) is 35.9 Å². The summed E-state index contributed by atoms with van der Waals surface area (Å²) < 4.78 is 15.3. The molecule has 3 aromatic rings. The molecule has 2 aromatic carbocycles. The van der Waals surface area contributed by atoms with Crippen LogP contribution in [-0.4, -0.2) is 9.55 Å². The van der Waals surface area contributed by atoms with Crippen LogP contribution in [0.5, 0.6) is 0 Å². The van der Waals surface area contributed by atoms with Gasteiger partial charge in [0, 0.05) is 35.2 Å². The van der Waals surface area contributed by atoms with Gasteiger partial charge in [0.15, 0.2) is 0 Å². The predicted octanol–water partition coefficient (Wildman–Crippen LogP) is 3.70. The zero-order valence-corrected chi connectivity index (χ0v) is 13.5. The van der Waals surface area contributed by atoms with Gasteiger partial charge in [0.2, 0.25) is 0 Å². The smallest absolute Gasteiger partial charge is 0.347 e. The lowest BCUT2D eigenvalue weighted by Crippen LogP contribution is -2.21. The summed E-state index contributed by atoms with van der Waals surface area (Å²) in [6.07, 6.45) is 3.16. The van der Waals surface area contributed by atoms with E-state index in [2.05, 4.69) is 10.3 Å². The van der Waals surface area contributed by atoms with Crippen LogP contribution in [0.15, 0.2) is 65.7 Å². The second-order valence-electron chi connectivity index (χ2n) is 5.28. The summed E-state index contributed by atoms with van der Waals surface area (Å²) in [4.78, 5) is 15.4. The Hall–Kier alpha value is -2.66. The van der Waals surface area contributed by atoms with Crippen molar-refractivity contribution < 1.29 is 4.39 Å². The van der Waals surface area contributed by atoms with Crippen LogP contribution < -0.4 is 11.0 Å². The highest BCUT2D eigenvalue weighted by Crippen LogP contribution is 2.21. The Labute approximate surface area is 143 Å². The van der Waals surface area contributed by atoms with Gasteiger partial charge >= 0.3 is 5.69 Å². The Morgan fingerprint density at radius 2 is 2.00 bits per heavy atom. The van der Waals surface area contributed by atoms with Crippen molar-refractivity contribution in [3.05, 3.63) is 93.4 Å². The maximum atomic E-state index is 13.8. The van der Waals surface area contributed by atoms with Crippen LogP contribution in [0.4, 0.5) is 10.1 Å². The van der Waals surface area contributed by atoms with Crippen LogP contribution in [0, 0.1) is 5.82 Å². The van der Waals surface area contributed by atoms with Gasteiger partial charge < -0.3 is 5.32 Å². The average Bonchev–Trinajstić information content (AvgIpc) is 2.57. The minimum Gasteiger partial charge on any atom is -0.381 e. The number of nitrogens with one attached hydrogen (secondary N) is 1. The van der Waals surface area contributed by atoms with Crippen molar-refractivity contribution in [3.63, 3.8) is 0 Å². The van der Waals surface area contributed by atoms with Gasteiger partial charge in [-0.2, -0.15) is 0 Å². The molecule has 0 spiro atoms. The fourth-order valence-corrected chi connectivity index (χ4v) is 2.61. The minimum absolute atomic E-state index is 0.280. The standard InChI is InChI=1S/C18H15ClFN3O/c19-16-6-2-7-17(20)15(16)11-22-14-5-1-4-13(10-14)12-23-9-3-8-21-18(23)24/h1-10,22H,11-12H2. The summed E-state index contributed by atoms with van der Waals surface area (Å²) in [5, 5.41) is 3.55. The fourth-order valence-electron chi connectivity index (χ4n) is 2.38. The number of benzene rings is 2. The molecule has 1 aromatic heterocycles. The number of rotatable bonds is 5. The van der Waals surface area contributed by atoms with Crippen LogP contribution in [0.3, 0.4) is 0 Å². The van der Waals surface area contributed by atoms with Crippen LogP contribution in [0.1, 0.15) is 11.1 Å². The summed E-state index contributed by atoms with van der Waals surface area (Å²) in [6.45, 7) is 0.699. The predicted molar refractivity (Wildman–Crippen MR) is 92.8 cm³/mol. The first-order chi connectivity index (χ1) is 11.6. The topological polar surface area (TPSA) is 46.9 Å². The fraction of sp³-hybridized carbons (Fsp3) is 0.111. The third-order valence-corrected chi connectivity index (χ3v) is 3.95. The highest BCUT2D eigenvalue weighted by Gasteiger charge is 2.06. The average molecular weight is 344 g/mol. The first-order valence-corrected chi connectivity index (χ1v) is 7.78. The van der Waals surface area contributed by atoms with Crippen molar-refractivity contribution in [2.24, 2.45) is 0 Å². The molecule has 0 saturated carbocycles. The molecular weight excluding hydrogens is 329 g/mol. The summed E-state index contributed by atoms with van der Waals surface area (Å²) in [6, 6.07) is 13.9. The molecule has 1 N–H and O–H groups in total. The summed E-state index contributed by atoms with van der Waals surface area (Å²) in [5.74, 6) is -0.340. The molecule has 0 atom stereocenters. The van der Waals surface area contributed by atoms with E-state index in [0.717, 1.165) is 11.3 Å². The largest absolute Gasteiger partial charge is 0.381 e. The van der Waals surface area contributed by atoms with Gasteiger partial charge in [0.1, 0.15) is 5.82 Å². The number of halogens is 2. The van der Waals surface area contributed by atoms with Crippen molar-refractivity contribution in [1.29, 1.82) is 0 Å². The molecule has 0 fully saturated rings. The van der Waals surface area contributed by atoms with E-state index >= 15 is 0 Å². The first-order valence-electron chi connectivity index (χ1n) is 7.40. The number of hydrogen-bond donors (Lipinski definition) is 1. The lowest BCUT2D eigenvalue weighted by molar-refractivity contribution is 0.613. The Balaban J connectivity index is 1.74. The Morgan fingerprint density at radius 3 is 2.79 bits per heavy atom. The molecule has 0 unspecified atom stereocenters. The van der Waals surface area contributed by atoms with Crippen molar-refractivity contribution in [3.8, 4) is 0 Å². The maximum absolute atomic E-state index is 13.8. The molecule has 1 heterocycles. The molecular formula is C18H15ClFN3O. The third-order valence-electron chi connectivity index (χ3n) is 3.59. The van der Waals surface area contributed by atoms with Gasteiger partial charge in [0.05, 0.1) is 6.54 Å². The number of anilines is 1. The van der Waals surface area contributed by atoms with Crippen LogP contribution in [-0.2, 0) is 13.1 Å². The van der Waals surface area contributed by atoms with Crippen molar-refractivity contribution in [1.82, 2.24) is 9.55 Å². The maximum Gasteiger partial charge on any atom is 0.347 e. The van der Waals surface area contributed by atoms with E-state index in [4.69, 9.17) is 11.6 Å². The van der Waals surface area contributed by atoms with Gasteiger partial charge in [-0.15, -0.1) is 0 Å². The van der Waals surface area contributed by atoms with Gasteiger partial charge in [-0.3, -0.25) is 4.57 Å². The van der Waals surface area contributed by atoms with Crippen LogP contribution >= 0.6 is 11.6 Å². The lowest BCUT2D eigenvalue weighted by atomic mass is 10.1. The molecule has 3 rings (SSSR count). The first kappa shape index (κ1) is 16.2. The molecule has 0 amide bonds. The van der Waals surface area contributed by atoms with E-state index in [1.807, 2.05) is 24.3 Å². The molecule has 122 valence electrons. The zero-order valence-electron chi connectivity index (χ0n) is 12.7. The van der Waals surface area contributed by atoms with Gasteiger partial charge in [-0.25, -0.2) is 14.2 Å². The van der Waals surface area contributed by atoms with Crippen molar-refractivity contribution in [2.45, 2.75) is 13.1 Å². The summed E-state index contributed by atoms with van der Waals surface area (Å²) >= 11 is 6.03. The van der Waals surface area contributed by atoms with E-state index in [-0.39, 0.29) is 18.1 Å². The van der Waals surface area contributed by atoms with Gasteiger partial charge in [0.25, 0.3) is 0 Å². The quantitative estimate of drug-likeness (QED) is 0.768. The lowest BCUT2D eigenvalue weighted by Gasteiger charge is -2.11. The second-order valence-corrected chi connectivity index (χ2v) is 5.69. The number of nitrogens with zero attached hydrogens (tertiary/aromatic N) is 2. The molecule has 0 aliphatic carbocycles. The molecule has 4 nitrogen and oxygen atoms in total. The normalized spacial score (nSPS) is 10.6. The van der Waals surface area contributed by atoms with E-state index in [0.29, 0.717) is 17.1 Å². The molecule has 0 aliphatic heterocycles. The Morgan fingerprint density at radius 1 is 1.17 bits per heavy atom. The van der Waals surface area contributed by atoms with Crippen LogP contribution in [0.25, 0.3) is 0 Å². The van der Waals surface area contributed by atoms with Crippen LogP contribution in [0.2, 0.25) is 5.02 Å². The molecule has 0 saturated heterocycles. The molecule has 0 radical (unpaired) electrons. The molecule has 0 bridgehead atoms. The Kier molecular flexibility index (Phi) is 4.91. The van der Waals surface area contributed by atoms with Crippen molar-refractivity contribution in [2.75, 3.05) is 5.32 Å². The van der Waals surface area contributed by atoms with Crippen molar-refractivity contribution >= 4 is 17.3 Å². The Bertz CT molecular complexity index is 890.